The summed E-state index contributed by atoms with van der Waals surface area (Å²) in [4.78, 5) is 13.9. The third-order valence-corrected chi connectivity index (χ3v) is 21.1. The highest BCUT2D eigenvalue weighted by atomic mass is 15.4. The third kappa shape index (κ3) is 23.9. The van der Waals surface area contributed by atoms with Crippen molar-refractivity contribution >= 4 is 21.9 Å². The lowest BCUT2D eigenvalue weighted by atomic mass is 9.67. The minimum Gasteiger partial charge on any atom is -0.250 e. The number of hydrogen-bond donors (Lipinski definition) is 4. The summed E-state index contributed by atoms with van der Waals surface area (Å²) in [6, 6.07) is 21.4. The number of hydrogen-bond acceptors (Lipinski definition) is 2. The number of aromatic amines is 5. The van der Waals surface area contributed by atoms with Crippen LogP contribution in [0.5, 0.6) is 0 Å². The van der Waals surface area contributed by atoms with Crippen LogP contribution in [-0.2, 0) is 32.6 Å². The Morgan fingerprint density at radius 1 is 0.464 bits per heavy atom. The van der Waals surface area contributed by atoms with Crippen molar-refractivity contribution in [3.63, 3.8) is 0 Å². The van der Waals surface area contributed by atoms with Crippen LogP contribution in [0.1, 0.15) is 243 Å². The van der Waals surface area contributed by atoms with Crippen LogP contribution in [0.3, 0.4) is 0 Å². The van der Waals surface area contributed by atoms with Crippen molar-refractivity contribution in [2.24, 2.45) is 54.1 Å². The molecule has 0 unspecified atom stereocenters. The second kappa shape index (κ2) is 30.9. The van der Waals surface area contributed by atoms with Crippen molar-refractivity contribution in [1.29, 1.82) is 0 Å². The minimum atomic E-state index is 0.359. The number of rotatable bonds is 20. The molecule has 0 aliphatic carbocycles. The molecule has 0 amide bonds. The summed E-state index contributed by atoms with van der Waals surface area (Å²) in [6.07, 6.45) is 29.0. The number of aromatic nitrogens is 11. The number of H-pyrrole nitrogens is 5. The lowest BCUT2D eigenvalue weighted by Crippen LogP contribution is -2.37. The molecule has 2 aromatic carbocycles. The summed E-state index contributed by atoms with van der Waals surface area (Å²) in [5, 5.41) is 11.2. The van der Waals surface area contributed by atoms with Crippen LogP contribution in [0.15, 0.2) is 111 Å². The Morgan fingerprint density at radius 3 is 1.42 bits per heavy atom. The van der Waals surface area contributed by atoms with Crippen LogP contribution in [0.2, 0.25) is 0 Å². The largest absolute Gasteiger partial charge is 0.306 e. The fourth-order valence-electron chi connectivity index (χ4n) is 9.14. The van der Waals surface area contributed by atoms with Gasteiger partial charge >= 0.3 is 6.33 Å². The molecule has 7 rings (SSSR count). The zero-order valence-corrected chi connectivity index (χ0v) is 58.7. The number of imidazole rings is 2. The predicted octanol–water partition coefficient (Wildman–Crippen LogP) is 17.6. The van der Waals surface area contributed by atoms with Crippen LogP contribution < -0.4 is 23.5 Å². The Balaban J connectivity index is 0.000000277. The van der Waals surface area contributed by atoms with E-state index >= 15 is 0 Å². The zero-order valence-electron chi connectivity index (χ0n) is 58.7. The summed E-state index contributed by atoms with van der Waals surface area (Å²) in [5.41, 5.74) is 8.86. The fourth-order valence-corrected chi connectivity index (χ4v) is 9.14. The number of fused-ring (bicyclic) bond motifs is 2. The van der Waals surface area contributed by atoms with Gasteiger partial charge in [-0.1, -0.05) is 203 Å². The smallest absolute Gasteiger partial charge is 0.250 e. The normalized spacial score (nSPS) is 13.1. The summed E-state index contributed by atoms with van der Waals surface area (Å²) < 4.78 is 8.59. The van der Waals surface area contributed by atoms with Crippen LogP contribution in [0.25, 0.3) is 21.9 Å². The molecular formula is C73H128N11+5. The number of nitrogens with zero attached hydrogens (tertiary/aromatic N) is 6. The third-order valence-electron chi connectivity index (χ3n) is 21.1. The van der Waals surface area contributed by atoms with Crippen molar-refractivity contribution in [3.8, 4) is 0 Å². The molecule has 11 heteroatoms. The maximum absolute atomic E-state index is 3.99. The van der Waals surface area contributed by atoms with Gasteiger partial charge in [0.15, 0.2) is 22.9 Å². The fraction of sp³-hybridized carbons (Fsp3) is 0.685. The highest BCUT2D eigenvalue weighted by Gasteiger charge is 2.36. The minimum absolute atomic E-state index is 0.359. The van der Waals surface area contributed by atoms with Gasteiger partial charge in [0, 0.05) is 29.0 Å². The van der Waals surface area contributed by atoms with E-state index in [2.05, 4.69) is 291 Å². The average Bonchev–Trinajstić information content (AvgIpc) is 4.38. The second-order valence-electron chi connectivity index (χ2n) is 32.8. The molecule has 0 aliphatic rings. The van der Waals surface area contributed by atoms with Gasteiger partial charge in [0.05, 0.1) is 13.1 Å². The van der Waals surface area contributed by atoms with Crippen LogP contribution in [0.4, 0.5) is 0 Å². The van der Waals surface area contributed by atoms with E-state index in [0.29, 0.717) is 54.1 Å². The maximum Gasteiger partial charge on any atom is 0.306 e. The first-order chi connectivity index (χ1) is 38.6. The molecule has 5 N–H and O–H groups in total. The van der Waals surface area contributed by atoms with Gasteiger partial charge in [0.2, 0.25) is 30.7 Å². The molecule has 5 aromatic heterocycles. The Kier molecular flexibility index (Phi) is 26.9. The number of aryl methyl sites for hydroxylation is 5. The van der Waals surface area contributed by atoms with E-state index in [0.717, 1.165) is 32.6 Å². The molecule has 7 aromatic rings. The molecule has 0 saturated heterocycles. The zero-order chi connectivity index (χ0) is 63.5. The van der Waals surface area contributed by atoms with Gasteiger partial charge in [-0.15, -0.1) is 0 Å². The molecule has 84 heavy (non-hydrogen) atoms. The van der Waals surface area contributed by atoms with Crippen molar-refractivity contribution < 1.29 is 23.5 Å². The van der Waals surface area contributed by atoms with Crippen LogP contribution >= 0.6 is 0 Å². The van der Waals surface area contributed by atoms with E-state index in [1.807, 2.05) is 34.4 Å². The molecule has 11 nitrogen and oxygen atoms in total. The lowest BCUT2D eigenvalue weighted by Gasteiger charge is -2.39. The molecule has 0 saturated carbocycles. The molecule has 0 fully saturated rings. The van der Waals surface area contributed by atoms with Gasteiger partial charge in [-0.2, -0.15) is 14.5 Å². The van der Waals surface area contributed by atoms with Gasteiger partial charge in [-0.25, -0.2) is 19.1 Å². The van der Waals surface area contributed by atoms with Crippen molar-refractivity contribution in [3.05, 3.63) is 116 Å². The summed E-state index contributed by atoms with van der Waals surface area (Å²) in [7, 11) is 0. The van der Waals surface area contributed by atoms with E-state index in [-0.39, 0.29) is 0 Å². The number of pyridine rings is 1. The number of benzene rings is 2. The van der Waals surface area contributed by atoms with Crippen molar-refractivity contribution in [2.45, 2.75) is 270 Å². The Hall–Kier alpha value is -5.19. The molecule has 0 radical (unpaired) electrons. The first-order valence-corrected chi connectivity index (χ1v) is 32.2. The van der Waals surface area contributed by atoms with E-state index in [4.69, 9.17) is 0 Å². The van der Waals surface area contributed by atoms with Gasteiger partial charge < -0.3 is 0 Å². The first-order valence-electron chi connectivity index (χ1n) is 32.2. The molecule has 470 valence electrons. The molecule has 0 spiro atoms. The number of para-hydroxylation sites is 3. The summed E-state index contributed by atoms with van der Waals surface area (Å²) in [5.74, 6) is 0. The quantitative estimate of drug-likeness (QED) is 0.0569. The van der Waals surface area contributed by atoms with Gasteiger partial charge in [0.1, 0.15) is 25.5 Å². The van der Waals surface area contributed by atoms with Gasteiger partial charge in [-0.05, 0) is 148 Å². The second-order valence-corrected chi connectivity index (χ2v) is 32.8. The van der Waals surface area contributed by atoms with E-state index in [9.17, 15) is 0 Å². The standard InChI is InChI=1S/C19H27N.C17H26N2.C13H24N2.2C12H23N3/c1-18(2,3)19(4,5)14-8-10-16-13-12-15-9-6-7-11-17(15)20-16;1-16(2,3)17(4,5)11-8-12-19-13-18-14-9-6-7-10-15(14)19;1-12(2,3)13(4,5)7-6-9-15-10-8-14-11-15;1-11(2,3)12(4,5)7-6-9-15-10-8-13-14-15;1-11(2,3)12(4,5)7-6-8-15-10-13-9-14-15/h6-7,9,11-13H,8,10,14H2,1-5H3;6-7,9-10,13H,8,11-12H2,1-5H3;8,10-11H,6-7,9H2,1-5H3;8,10H,6-7,9H2,1-5H3;9-10H,6-8H2,1-5H3/p+5. The van der Waals surface area contributed by atoms with Gasteiger partial charge in [0.25, 0.3) is 0 Å². The Bertz CT molecular complexity index is 2710. The van der Waals surface area contributed by atoms with Crippen LogP contribution in [0, 0.1) is 54.1 Å². The number of nitrogens with one attached hydrogen (secondary N) is 5. The van der Waals surface area contributed by atoms with Crippen LogP contribution in [-0.4, -0.2) is 30.4 Å². The summed E-state index contributed by atoms with van der Waals surface area (Å²) >= 11 is 0. The van der Waals surface area contributed by atoms with Crippen molar-refractivity contribution in [1.82, 2.24) is 30.4 Å². The van der Waals surface area contributed by atoms with Crippen molar-refractivity contribution in [2.75, 3.05) is 0 Å². The van der Waals surface area contributed by atoms with Gasteiger partial charge in [-0.3, -0.25) is 4.98 Å². The maximum atomic E-state index is 3.99. The topological polar surface area (TPSA) is 119 Å². The lowest BCUT2D eigenvalue weighted by molar-refractivity contribution is -0.754. The Morgan fingerprint density at radius 2 is 0.940 bits per heavy atom. The predicted molar refractivity (Wildman–Crippen MR) is 354 cm³/mol. The van der Waals surface area contributed by atoms with E-state index in [1.165, 1.54) is 91.8 Å². The molecule has 0 atom stereocenters. The molecular weight excluding hydrogens is 1030 g/mol. The molecule has 0 bridgehead atoms. The monoisotopic (exact) mass is 1160 g/mol. The molecule has 5 heterocycles. The summed E-state index contributed by atoms with van der Waals surface area (Å²) in [6.45, 7) is 62.9. The first kappa shape index (κ1) is 73.1. The highest BCUT2D eigenvalue weighted by Crippen LogP contribution is 2.45. The molecule has 0 aliphatic heterocycles. The average molecular weight is 1160 g/mol. The Labute approximate surface area is 513 Å². The van der Waals surface area contributed by atoms with E-state index in [1.54, 1.807) is 12.5 Å². The highest BCUT2D eigenvalue weighted by molar-refractivity contribution is 5.75. The SMILES string of the molecule is CC(C)(C)C(C)(C)CCC[n+]1c[nH]c2ccccc21.CC(C)(C)C(C)(C)CCC[n+]1cc[nH]c1.CC(C)(C)C(C)(C)CCC[n+]1ccn[nH]1.CC(C)(C)C(C)(C)CCC[n+]1cnc[nH]1.CC(C)(C)C(C)(C)CCCc1ccc2ccccc2[nH+]1. The van der Waals surface area contributed by atoms with E-state index < -0.39 is 0 Å².